The van der Waals surface area contributed by atoms with Crippen molar-refractivity contribution in [2.24, 2.45) is 23.7 Å². The van der Waals surface area contributed by atoms with Crippen LogP contribution in [0.4, 0.5) is 0 Å². The van der Waals surface area contributed by atoms with Crippen molar-refractivity contribution in [3.05, 3.63) is 35.5 Å². The van der Waals surface area contributed by atoms with Crippen molar-refractivity contribution < 1.29 is 14.7 Å². The highest BCUT2D eigenvalue weighted by Crippen LogP contribution is 2.18. The maximum atomic E-state index is 10.7. The molecule has 0 rings (SSSR count). The van der Waals surface area contributed by atoms with Crippen molar-refractivity contribution in [2.75, 3.05) is 0 Å². The highest BCUT2D eigenvalue weighted by molar-refractivity contribution is 5.87. The molecule has 3 unspecified atom stereocenters. The lowest BCUT2D eigenvalue weighted by atomic mass is 9.95. The SMILES string of the molecule is CC(=O)/C=C/C=C(\C)CCC=C(C)C.CC(=O)CCCC(C)CCCC(C)C.CC(C)CCCC(C)CCCC(C)O. The average molecular weight is 591 g/mol. The maximum absolute atomic E-state index is 10.7. The minimum Gasteiger partial charge on any atom is -0.393 e. The number of allylic oxidation sites excluding steroid dienone is 6. The van der Waals surface area contributed by atoms with Crippen LogP contribution in [0.15, 0.2) is 35.5 Å². The molecule has 1 N–H and O–H groups in total. The number of ketones is 2. The molecule has 0 bridgehead atoms. The van der Waals surface area contributed by atoms with Gasteiger partial charge < -0.3 is 9.90 Å². The van der Waals surface area contributed by atoms with E-state index in [1.54, 1.807) is 19.9 Å². The van der Waals surface area contributed by atoms with E-state index < -0.39 is 0 Å². The molecule has 42 heavy (non-hydrogen) atoms. The Kier molecular flexibility index (Phi) is 33.1. The van der Waals surface area contributed by atoms with Crippen LogP contribution in [0.5, 0.6) is 0 Å². The standard InChI is InChI=1S/C13H28O.C13H26O.C13H20O/c3*1-11(2)7-5-8-12(3)9-6-10-13(4)14/h11-14H,5-10H2,1-4H3;11-12H,5-10H2,1-4H3;6-7,9-10H,5,8H2,1-4H3/b;;10-6+,12-9+. The number of carbonyl (C=O) groups is 2. The first-order valence-corrected chi connectivity index (χ1v) is 17.2. The summed E-state index contributed by atoms with van der Waals surface area (Å²) in [4.78, 5) is 21.3. The lowest BCUT2D eigenvalue weighted by Crippen LogP contribution is -2.02. The van der Waals surface area contributed by atoms with Crippen LogP contribution in [-0.2, 0) is 9.59 Å². The van der Waals surface area contributed by atoms with Crippen molar-refractivity contribution in [2.45, 2.75) is 179 Å². The zero-order valence-corrected chi connectivity index (χ0v) is 30.4. The molecule has 3 atom stereocenters. The number of hydrogen-bond donors (Lipinski definition) is 1. The first-order valence-electron chi connectivity index (χ1n) is 17.2. The molecule has 3 nitrogen and oxygen atoms in total. The number of aliphatic hydroxyl groups excluding tert-OH is 1. The van der Waals surface area contributed by atoms with Gasteiger partial charge in [0.25, 0.3) is 0 Å². The summed E-state index contributed by atoms with van der Waals surface area (Å²) in [6.07, 6.45) is 24.3. The van der Waals surface area contributed by atoms with Crippen molar-refractivity contribution in [1.29, 1.82) is 0 Å². The summed E-state index contributed by atoms with van der Waals surface area (Å²) in [5, 5.41) is 9.11. The van der Waals surface area contributed by atoms with Gasteiger partial charge in [-0.05, 0) is 97.0 Å². The van der Waals surface area contributed by atoms with E-state index in [-0.39, 0.29) is 11.9 Å². The molecule has 0 aromatic carbocycles. The van der Waals surface area contributed by atoms with Crippen LogP contribution in [0.1, 0.15) is 173 Å². The summed E-state index contributed by atoms with van der Waals surface area (Å²) in [5.41, 5.74) is 2.66. The Hall–Kier alpha value is -1.48. The molecule has 0 spiro atoms. The average Bonchev–Trinajstić information content (AvgIpc) is 2.83. The first kappa shape index (κ1) is 45.0. The number of Topliss-reactive ketones (excluding diaryl/α,β-unsaturated/α-hetero) is 1. The third-order valence-electron chi connectivity index (χ3n) is 7.30. The first-order chi connectivity index (χ1) is 19.6. The summed E-state index contributed by atoms with van der Waals surface area (Å²) < 4.78 is 0. The summed E-state index contributed by atoms with van der Waals surface area (Å²) in [6.45, 7) is 25.2. The van der Waals surface area contributed by atoms with Crippen LogP contribution >= 0.6 is 0 Å². The van der Waals surface area contributed by atoms with E-state index >= 15 is 0 Å². The fourth-order valence-corrected chi connectivity index (χ4v) is 4.52. The van der Waals surface area contributed by atoms with Crippen LogP contribution in [0.25, 0.3) is 0 Å². The second kappa shape index (κ2) is 31.0. The molecular weight excluding hydrogens is 516 g/mol. The Morgan fingerprint density at radius 2 is 1.07 bits per heavy atom. The van der Waals surface area contributed by atoms with Crippen molar-refractivity contribution in [3.8, 4) is 0 Å². The molecule has 0 aliphatic carbocycles. The molecule has 0 aromatic heterocycles. The van der Waals surface area contributed by atoms with Gasteiger partial charge in [0, 0.05) is 6.42 Å². The Balaban J connectivity index is -0.000000543. The van der Waals surface area contributed by atoms with E-state index in [2.05, 4.69) is 68.4 Å². The van der Waals surface area contributed by atoms with Gasteiger partial charge in [-0.3, -0.25) is 4.79 Å². The summed E-state index contributed by atoms with van der Waals surface area (Å²) in [7, 11) is 0. The molecule has 0 saturated carbocycles. The highest BCUT2D eigenvalue weighted by Gasteiger charge is 2.05. The van der Waals surface area contributed by atoms with Gasteiger partial charge >= 0.3 is 0 Å². The predicted octanol–water partition coefficient (Wildman–Crippen LogP) is 12.0. The van der Waals surface area contributed by atoms with E-state index in [4.69, 9.17) is 5.11 Å². The molecule has 0 amide bonds. The number of rotatable bonds is 21. The Bertz CT molecular complexity index is 706. The Morgan fingerprint density at radius 3 is 1.45 bits per heavy atom. The van der Waals surface area contributed by atoms with E-state index in [1.165, 1.54) is 68.9 Å². The Morgan fingerprint density at radius 1 is 0.619 bits per heavy atom. The molecular formula is C39H74O3. The van der Waals surface area contributed by atoms with Gasteiger partial charge in [-0.2, -0.15) is 0 Å². The van der Waals surface area contributed by atoms with Crippen molar-refractivity contribution in [1.82, 2.24) is 0 Å². The minimum absolute atomic E-state index is 0.0957. The fourth-order valence-electron chi connectivity index (χ4n) is 4.52. The molecule has 0 heterocycles. The smallest absolute Gasteiger partial charge is 0.152 e. The zero-order valence-electron chi connectivity index (χ0n) is 30.4. The van der Waals surface area contributed by atoms with Crippen LogP contribution in [0.2, 0.25) is 0 Å². The molecule has 0 saturated heterocycles. The number of aliphatic hydroxyl groups is 1. The van der Waals surface area contributed by atoms with Gasteiger partial charge in [0.2, 0.25) is 0 Å². The molecule has 0 aromatic rings. The third kappa shape index (κ3) is 45.5. The van der Waals surface area contributed by atoms with E-state index in [1.807, 2.05) is 19.1 Å². The summed E-state index contributed by atoms with van der Waals surface area (Å²) in [6, 6.07) is 0. The lowest BCUT2D eigenvalue weighted by Gasteiger charge is -2.12. The zero-order chi connectivity index (χ0) is 32.9. The fraction of sp³-hybridized carbons (Fsp3) is 0.795. The van der Waals surface area contributed by atoms with Crippen LogP contribution in [0, 0.1) is 23.7 Å². The van der Waals surface area contributed by atoms with Gasteiger partial charge in [0.05, 0.1) is 6.10 Å². The van der Waals surface area contributed by atoms with Crippen LogP contribution < -0.4 is 0 Å². The van der Waals surface area contributed by atoms with Gasteiger partial charge in [0.15, 0.2) is 5.78 Å². The van der Waals surface area contributed by atoms with E-state index in [0.29, 0.717) is 5.78 Å². The molecule has 3 heteroatoms. The largest absolute Gasteiger partial charge is 0.393 e. The summed E-state index contributed by atoms with van der Waals surface area (Å²) >= 11 is 0. The van der Waals surface area contributed by atoms with Crippen LogP contribution in [0.3, 0.4) is 0 Å². The lowest BCUT2D eigenvalue weighted by molar-refractivity contribution is -0.117. The van der Waals surface area contributed by atoms with Crippen LogP contribution in [-0.4, -0.2) is 22.8 Å². The highest BCUT2D eigenvalue weighted by atomic mass is 16.3. The van der Waals surface area contributed by atoms with Gasteiger partial charge in [0.1, 0.15) is 5.78 Å². The molecule has 0 aliphatic rings. The number of hydrogen-bond acceptors (Lipinski definition) is 3. The molecule has 0 radical (unpaired) electrons. The van der Waals surface area contributed by atoms with E-state index in [0.717, 1.165) is 55.8 Å². The van der Waals surface area contributed by atoms with Gasteiger partial charge in [-0.15, -0.1) is 0 Å². The van der Waals surface area contributed by atoms with Gasteiger partial charge in [-0.1, -0.05) is 129 Å². The molecule has 0 fully saturated rings. The summed E-state index contributed by atoms with van der Waals surface area (Å²) in [5.74, 6) is 3.75. The molecule has 0 aliphatic heterocycles. The van der Waals surface area contributed by atoms with Gasteiger partial charge in [-0.25, -0.2) is 0 Å². The number of carbonyl (C=O) groups excluding carboxylic acids is 2. The topological polar surface area (TPSA) is 54.4 Å². The van der Waals surface area contributed by atoms with Crippen molar-refractivity contribution >= 4 is 11.6 Å². The normalized spacial score (nSPS) is 13.6. The second-order valence-electron chi connectivity index (χ2n) is 14.0. The van der Waals surface area contributed by atoms with Crippen molar-refractivity contribution in [3.63, 3.8) is 0 Å². The predicted molar refractivity (Wildman–Crippen MR) is 188 cm³/mol. The quantitative estimate of drug-likeness (QED) is 0.0821. The van der Waals surface area contributed by atoms with E-state index in [9.17, 15) is 9.59 Å². The molecule has 248 valence electrons. The third-order valence-corrected chi connectivity index (χ3v) is 7.30. The minimum atomic E-state index is -0.113. The second-order valence-corrected chi connectivity index (χ2v) is 14.0. The Labute approximate surface area is 264 Å². The monoisotopic (exact) mass is 591 g/mol. The maximum Gasteiger partial charge on any atom is 0.152 e.